The van der Waals surface area contributed by atoms with Crippen molar-refractivity contribution in [3.05, 3.63) is 72.2 Å². The third kappa shape index (κ3) is 3.28. The third-order valence-corrected chi connectivity index (χ3v) is 6.04. The van der Waals surface area contributed by atoms with Gasteiger partial charge in [-0.05, 0) is 42.0 Å². The number of imidazole rings is 1. The number of rotatable bonds is 5. The fourth-order valence-corrected chi connectivity index (χ4v) is 4.49. The molecule has 9 heteroatoms. The van der Waals surface area contributed by atoms with Crippen molar-refractivity contribution in [3.63, 3.8) is 0 Å². The van der Waals surface area contributed by atoms with E-state index in [1.54, 1.807) is 20.5 Å². The monoisotopic (exact) mass is 444 g/mol. The summed E-state index contributed by atoms with van der Waals surface area (Å²) in [6, 6.07) is 18.0. The van der Waals surface area contributed by atoms with E-state index in [-0.39, 0.29) is 6.17 Å². The highest BCUT2D eigenvalue weighted by Gasteiger charge is 2.36. The van der Waals surface area contributed by atoms with Crippen LogP contribution in [0.5, 0.6) is 11.5 Å². The minimum absolute atomic E-state index is 0.196. The molecule has 0 saturated carbocycles. The number of para-hydroxylation sites is 2. The van der Waals surface area contributed by atoms with Crippen LogP contribution >= 0.6 is 0 Å². The Bertz CT molecular complexity index is 1330. The lowest BCUT2D eigenvalue weighted by Crippen LogP contribution is -2.57. The zero-order valence-corrected chi connectivity index (χ0v) is 18.4. The first kappa shape index (κ1) is 19.7. The molecule has 0 unspecified atom stereocenters. The average Bonchev–Trinajstić information content (AvgIpc) is 3.51. The molecule has 0 spiro atoms. The number of methoxy groups -OCH3 is 2. The highest BCUT2D eigenvalue weighted by atomic mass is 16.5. The predicted molar refractivity (Wildman–Crippen MR) is 124 cm³/mol. The van der Waals surface area contributed by atoms with Crippen molar-refractivity contribution in [3.8, 4) is 11.5 Å². The number of nitrogens with one attached hydrogen (secondary N) is 1. The SMILES string of the molecule is COc1ccc([C@@H]2NC3=NCN(Cc4ccco4)CN3c3nc4ccccc4n32)cc1OC. The average molecular weight is 444 g/mol. The highest BCUT2D eigenvalue weighted by molar-refractivity contribution is 5.98. The van der Waals surface area contributed by atoms with E-state index >= 15 is 0 Å². The highest BCUT2D eigenvalue weighted by Crippen LogP contribution is 2.37. The maximum Gasteiger partial charge on any atom is 0.216 e. The van der Waals surface area contributed by atoms with E-state index in [1.165, 1.54) is 0 Å². The van der Waals surface area contributed by atoms with Crippen molar-refractivity contribution in [2.45, 2.75) is 12.7 Å². The minimum Gasteiger partial charge on any atom is -0.493 e. The Kier molecular flexibility index (Phi) is 4.69. The number of guanidine groups is 1. The number of ether oxygens (including phenoxy) is 2. The molecule has 2 aromatic heterocycles. The molecular weight excluding hydrogens is 420 g/mol. The Morgan fingerprint density at radius 1 is 1.06 bits per heavy atom. The van der Waals surface area contributed by atoms with Gasteiger partial charge in [-0.3, -0.25) is 14.4 Å². The summed E-state index contributed by atoms with van der Waals surface area (Å²) in [6.45, 7) is 1.90. The number of aliphatic imine (C=N–C) groups is 1. The number of benzene rings is 2. The topological polar surface area (TPSA) is 80.3 Å². The summed E-state index contributed by atoms with van der Waals surface area (Å²) in [6.07, 6.45) is 1.50. The van der Waals surface area contributed by atoms with Gasteiger partial charge >= 0.3 is 0 Å². The van der Waals surface area contributed by atoms with Crippen LogP contribution in [-0.4, -0.2) is 48.0 Å². The Balaban J connectivity index is 1.44. The molecule has 4 heterocycles. The van der Waals surface area contributed by atoms with Gasteiger partial charge < -0.3 is 19.2 Å². The summed E-state index contributed by atoms with van der Waals surface area (Å²) in [4.78, 5) is 14.2. The first-order chi connectivity index (χ1) is 16.2. The number of aromatic nitrogens is 2. The summed E-state index contributed by atoms with van der Waals surface area (Å²) < 4.78 is 18.7. The molecule has 9 nitrogen and oxygen atoms in total. The van der Waals surface area contributed by atoms with Crippen LogP contribution in [-0.2, 0) is 6.54 Å². The molecule has 2 aromatic carbocycles. The van der Waals surface area contributed by atoms with Crippen LogP contribution in [0.2, 0.25) is 0 Å². The van der Waals surface area contributed by atoms with Crippen LogP contribution in [0.3, 0.4) is 0 Å². The van der Waals surface area contributed by atoms with Crippen molar-refractivity contribution in [2.24, 2.45) is 4.99 Å². The number of fused-ring (bicyclic) bond motifs is 5. The summed E-state index contributed by atoms with van der Waals surface area (Å²) in [5, 5.41) is 3.63. The Hall–Kier alpha value is -3.98. The van der Waals surface area contributed by atoms with Gasteiger partial charge in [-0.25, -0.2) is 9.98 Å². The van der Waals surface area contributed by atoms with Crippen molar-refractivity contribution < 1.29 is 13.9 Å². The number of hydrogen-bond donors (Lipinski definition) is 1. The maximum absolute atomic E-state index is 5.56. The van der Waals surface area contributed by atoms with Crippen molar-refractivity contribution in [2.75, 3.05) is 32.5 Å². The molecule has 6 rings (SSSR count). The molecule has 2 aliphatic heterocycles. The Morgan fingerprint density at radius 2 is 1.94 bits per heavy atom. The van der Waals surface area contributed by atoms with E-state index in [1.807, 2.05) is 48.5 Å². The summed E-state index contributed by atoms with van der Waals surface area (Å²) in [7, 11) is 3.29. The second-order valence-electron chi connectivity index (χ2n) is 8.03. The second kappa shape index (κ2) is 7.86. The first-order valence-electron chi connectivity index (χ1n) is 10.8. The number of hydrogen-bond acceptors (Lipinski definition) is 8. The van der Waals surface area contributed by atoms with Crippen molar-refractivity contribution in [1.82, 2.24) is 19.8 Å². The van der Waals surface area contributed by atoms with Gasteiger partial charge in [-0.15, -0.1) is 0 Å². The van der Waals surface area contributed by atoms with Crippen LogP contribution in [0.1, 0.15) is 17.5 Å². The van der Waals surface area contributed by atoms with Gasteiger partial charge in [0, 0.05) is 0 Å². The Morgan fingerprint density at radius 3 is 2.76 bits per heavy atom. The smallest absolute Gasteiger partial charge is 0.216 e. The standard InChI is InChI=1S/C24H24N6O3/c1-31-20-10-9-16(12-21(20)32-2)22-27-23-25-14-28(13-17-6-5-11-33-17)15-29(23)24-26-18-7-3-4-8-19(18)30(22)24/h3-12,22H,13-15H2,1-2H3,(H,25,27)/t22-/m1/s1. The molecule has 4 aromatic rings. The lowest BCUT2D eigenvalue weighted by molar-refractivity contribution is 0.243. The molecule has 0 bridgehead atoms. The van der Waals surface area contributed by atoms with E-state index < -0.39 is 0 Å². The van der Waals surface area contributed by atoms with Crippen LogP contribution in [0.25, 0.3) is 11.0 Å². The number of nitrogens with zero attached hydrogens (tertiary/aromatic N) is 5. The fraction of sp³-hybridized carbons (Fsp3) is 0.250. The van der Waals surface area contributed by atoms with Gasteiger partial charge in [0.25, 0.3) is 0 Å². The zero-order valence-electron chi connectivity index (χ0n) is 18.4. The minimum atomic E-state index is -0.196. The quantitative estimate of drug-likeness (QED) is 0.505. The molecule has 0 aliphatic carbocycles. The van der Waals surface area contributed by atoms with E-state index in [4.69, 9.17) is 23.9 Å². The molecule has 168 valence electrons. The molecule has 0 saturated heterocycles. The van der Waals surface area contributed by atoms with Gasteiger partial charge in [0.15, 0.2) is 11.5 Å². The van der Waals surface area contributed by atoms with Crippen molar-refractivity contribution >= 4 is 22.9 Å². The molecule has 0 fully saturated rings. The van der Waals surface area contributed by atoms with Crippen LogP contribution in [0, 0.1) is 0 Å². The van der Waals surface area contributed by atoms with E-state index in [0.717, 1.165) is 34.3 Å². The van der Waals surface area contributed by atoms with Gasteiger partial charge in [-0.1, -0.05) is 18.2 Å². The predicted octanol–water partition coefficient (Wildman–Crippen LogP) is 3.39. The molecule has 1 N–H and O–H groups in total. The van der Waals surface area contributed by atoms with Gasteiger partial charge in [-0.2, -0.15) is 0 Å². The van der Waals surface area contributed by atoms with Crippen LogP contribution in [0.4, 0.5) is 5.95 Å². The summed E-state index contributed by atoms with van der Waals surface area (Å²) >= 11 is 0. The van der Waals surface area contributed by atoms with E-state index in [2.05, 4.69) is 25.8 Å². The first-order valence-corrected chi connectivity index (χ1v) is 10.8. The van der Waals surface area contributed by atoms with Gasteiger partial charge in [0.1, 0.15) is 11.9 Å². The van der Waals surface area contributed by atoms with E-state index in [0.29, 0.717) is 31.4 Å². The molecule has 0 radical (unpaired) electrons. The largest absolute Gasteiger partial charge is 0.493 e. The summed E-state index contributed by atoms with van der Waals surface area (Å²) in [5.41, 5.74) is 3.00. The second-order valence-corrected chi connectivity index (χ2v) is 8.03. The maximum atomic E-state index is 5.56. The van der Waals surface area contributed by atoms with Crippen molar-refractivity contribution in [1.29, 1.82) is 0 Å². The van der Waals surface area contributed by atoms with E-state index in [9.17, 15) is 0 Å². The molecular formula is C24H24N6O3. The molecule has 0 amide bonds. The van der Waals surface area contributed by atoms with Crippen LogP contribution in [0.15, 0.2) is 70.3 Å². The van der Waals surface area contributed by atoms with Gasteiger partial charge in [0.05, 0.1) is 51.4 Å². The Labute approximate surface area is 190 Å². The lowest BCUT2D eigenvalue weighted by Gasteiger charge is -2.41. The fourth-order valence-electron chi connectivity index (χ4n) is 4.49. The normalized spacial score (nSPS) is 17.8. The third-order valence-electron chi connectivity index (χ3n) is 6.04. The number of furan rings is 1. The summed E-state index contributed by atoms with van der Waals surface area (Å²) in [5.74, 6) is 3.93. The zero-order chi connectivity index (χ0) is 22.4. The molecule has 33 heavy (non-hydrogen) atoms. The van der Waals surface area contributed by atoms with Crippen LogP contribution < -0.4 is 19.7 Å². The van der Waals surface area contributed by atoms with Gasteiger partial charge in [0.2, 0.25) is 11.9 Å². The number of anilines is 1. The molecule has 1 atom stereocenters. The molecule has 2 aliphatic rings. The lowest BCUT2D eigenvalue weighted by atomic mass is 10.1.